The van der Waals surface area contributed by atoms with Crippen LogP contribution in [-0.4, -0.2) is 0 Å². The van der Waals surface area contributed by atoms with Gasteiger partial charge in [0, 0.05) is 31.4 Å². The van der Waals surface area contributed by atoms with Gasteiger partial charge in [-0.15, -0.1) is 0 Å². The maximum absolute atomic E-state index is 6.12. The molecule has 2 aromatic carbocycles. The van der Waals surface area contributed by atoms with Crippen LogP contribution >= 0.6 is 31.9 Å². The minimum atomic E-state index is 0.739. The smallest absolute Gasteiger partial charge is 0.0398 e. The predicted molar refractivity (Wildman–Crippen MR) is 85.6 cm³/mol. The summed E-state index contributed by atoms with van der Waals surface area (Å²) in [4.78, 5) is 0. The van der Waals surface area contributed by atoms with E-state index in [1.807, 2.05) is 38.1 Å². The SMILES string of the molecule is Cc1c(Br)ccc(N)c1-c1c(N)ccc(Br)c1C. The second-order valence-corrected chi connectivity index (χ2v) is 5.98. The van der Waals surface area contributed by atoms with Crippen molar-refractivity contribution in [3.8, 4) is 11.1 Å². The van der Waals surface area contributed by atoms with Gasteiger partial charge in [-0.3, -0.25) is 0 Å². The number of nitrogens with two attached hydrogens (primary N) is 2. The number of benzene rings is 2. The molecule has 0 aromatic heterocycles. The molecule has 0 bridgehead atoms. The van der Waals surface area contributed by atoms with Gasteiger partial charge in [0.05, 0.1) is 0 Å². The molecule has 0 heterocycles. The van der Waals surface area contributed by atoms with Crippen LogP contribution in [0.2, 0.25) is 0 Å². The summed E-state index contributed by atoms with van der Waals surface area (Å²) in [5, 5.41) is 0. The molecule has 2 aromatic rings. The first-order valence-corrected chi connectivity index (χ1v) is 7.11. The lowest BCUT2D eigenvalue weighted by Crippen LogP contribution is -2.00. The quantitative estimate of drug-likeness (QED) is 0.718. The van der Waals surface area contributed by atoms with Crippen molar-refractivity contribution in [2.45, 2.75) is 13.8 Å². The molecule has 0 atom stereocenters. The summed E-state index contributed by atoms with van der Waals surface area (Å²) in [5.41, 5.74) is 17.9. The molecular weight excluding hydrogens is 356 g/mol. The van der Waals surface area contributed by atoms with Gasteiger partial charge in [0.2, 0.25) is 0 Å². The average molecular weight is 370 g/mol. The van der Waals surface area contributed by atoms with Gasteiger partial charge in [-0.1, -0.05) is 31.9 Å². The van der Waals surface area contributed by atoms with E-state index in [2.05, 4.69) is 31.9 Å². The Balaban J connectivity index is 2.85. The average Bonchev–Trinajstić information content (AvgIpc) is 2.33. The third-order valence-electron chi connectivity index (χ3n) is 3.11. The van der Waals surface area contributed by atoms with Crippen molar-refractivity contribution >= 4 is 43.2 Å². The third kappa shape index (κ3) is 2.15. The highest BCUT2D eigenvalue weighted by Gasteiger charge is 2.15. The second kappa shape index (κ2) is 4.94. The van der Waals surface area contributed by atoms with Crippen molar-refractivity contribution in [1.82, 2.24) is 0 Å². The van der Waals surface area contributed by atoms with E-state index in [0.717, 1.165) is 42.6 Å². The van der Waals surface area contributed by atoms with Crippen LogP contribution in [0, 0.1) is 13.8 Å². The van der Waals surface area contributed by atoms with E-state index in [4.69, 9.17) is 11.5 Å². The fourth-order valence-corrected chi connectivity index (χ4v) is 2.74. The first kappa shape index (κ1) is 13.4. The third-order valence-corrected chi connectivity index (χ3v) is 4.83. The molecule has 0 amide bonds. The monoisotopic (exact) mass is 368 g/mol. The van der Waals surface area contributed by atoms with Crippen LogP contribution in [0.4, 0.5) is 11.4 Å². The summed E-state index contributed by atoms with van der Waals surface area (Å²) in [6.07, 6.45) is 0. The van der Waals surface area contributed by atoms with Crippen molar-refractivity contribution in [2.75, 3.05) is 11.5 Å². The van der Waals surface area contributed by atoms with Crippen LogP contribution in [0.15, 0.2) is 33.2 Å². The highest BCUT2D eigenvalue weighted by Crippen LogP contribution is 2.40. The van der Waals surface area contributed by atoms with Crippen LogP contribution in [-0.2, 0) is 0 Å². The topological polar surface area (TPSA) is 52.0 Å². The fourth-order valence-electron chi connectivity index (χ4n) is 2.08. The van der Waals surface area contributed by atoms with E-state index in [-0.39, 0.29) is 0 Å². The Labute approximate surface area is 124 Å². The largest absolute Gasteiger partial charge is 0.398 e. The number of nitrogen functional groups attached to an aromatic ring is 2. The standard InChI is InChI=1S/C14H14Br2N2/c1-7-9(15)3-5-11(17)13(7)14-8(2)10(16)4-6-12(14)18/h3-6H,17-18H2,1-2H3. The highest BCUT2D eigenvalue weighted by molar-refractivity contribution is 9.10. The second-order valence-electron chi connectivity index (χ2n) is 4.27. The van der Waals surface area contributed by atoms with Crippen molar-refractivity contribution in [3.63, 3.8) is 0 Å². The zero-order chi connectivity index (χ0) is 13.4. The molecule has 0 radical (unpaired) electrons. The molecule has 0 aliphatic heterocycles. The molecular formula is C14H14Br2N2. The predicted octanol–water partition coefficient (Wildman–Crippen LogP) is 4.66. The van der Waals surface area contributed by atoms with Crippen LogP contribution in [0.25, 0.3) is 11.1 Å². The Morgan fingerprint density at radius 3 is 1.39 bits per heavy atom. The number of hydrogen-bond acceptors (Lipinski definition) is 2. The summed E-state index contributed by atoms with van der Waals surface area (Å²) in [6, 6.07) is 7.70. The van der Waals surface area contributed by atoms with Crippen LogP contribution in [0.1, 0.15) is 11.1 Å². The zero-order valence-corrected chi connectivity index (χ0v) is 13.4. The molecule has 94 valence electrons. The molecule has 0 spiro atoms. The summed E-state index contributed by atoms with van der Waals surface area (Å²) in [6.45, 7) is 4.07. The number of halogens is 2. The van der Waals surface area contributed by atoms with E-state index < -0.39 is 0 Å². The first-order valence-electron chi connectivity index (χ1n) is 5.53. The van der Waals surface area contributed by atoms with Gasteiger partial charge < -0.3 is 11.5 Å². The Morgan fingerprint density at radius 2 is 1.06 bits per heavy atom. The minimum absolute atomic E-state index is 0.739. The molecule has 0 aliphatic carbocycles. The number of rotatable bonds is 1. The Hall–Kier alpha value is -1.000. The molecule has 0 unspecified atom stereocenters. The molecule has 0 fully saturated rings. The van der Waals surface area contributed by atoms with E-state index in [0.29, 0.717) is 0 Å². The van der Waals surface area contributed by atoms with Crippen LogP contribution < -0.4 is 11.5 Å². The minimum Gasteiger partial charge on any atom is -0.398 e. The Kier molecular flexibility index (Phi) is 3.69. The van der Waals surface area contributed by atoms with Crippen molar-refractivity contribution in [3.05, 3.63) is 44.3 Å². The molecule has 2 rings (SSSR count). The zero-order valence-electron chi connectivity index (χ0n) is 10.2. The molecule has 0 saturated carbocycles. The molecule has 4 N–H and O–H groups in total. The highest BCUT2D eigenvalue weighted by atomic mass is 79.9. The van der Waals surface area contributed by atoms with Gasteiger partial charge in [0.15, 0.2) is 0 Å². The molecule has 0 aliphatic rings. The van der Waals surface area contributed by atoms with Gasteiger partial charge in [-0.05, 0) is 49.2 Å². The molecule has 4 heteroatoms. The lowest BCUT2D eigenvalue weighted by Gasteiger charge is -2.17. The first-order chi connectivity index (χ1) is 8.43. The lowest BCUT2D eigenvalue weighted by molar-refractivity contribution is 1.37. The number of anilines is 2. The fraction of sp³-hybridized carbons (Fsp3) is 0.143. The van der Waals surface area contributed by atoms with Crippen molar-refractivity contribution in [1.29, 1.82) is 0 Å². The Morgan fingerprint density at radius 1 is 0.722 bits per heavy atom. The molecule has 0 saturated heterocycles. The van der Waals surface area contributed by atoms with Crippen molar-refractivity contribution in [2.24, 2.45) is 0 Å². The molecule has 2 nitrogen and oxygen atoms in total. The maximum Gasteiger partial charge on any atom is 0.0398 e. The van der Waals surface area contributed by atoms with E-state index in [1.165, 1.54) is 0 Å². The van der Waals surface area contributed by atoms with Gasteiger partial charge in [0.1, 0.15) is 0 Å². The van der Waals surface area contributed by atoms with Gasteiger partial charge >= 0.3 is 0 Å². The lowest BCUT2D eigenvalue weighted by atomic mass is 9.93. The number of hydrogen-bond donors (Lipinski definition) is 2. The van der Waals surface area contributed by atoms with E-state index in [9.17, 15) is 0 Å². The normalized spacial score (nSPS) is 10.7. The van der Waals surface area contributed by atoms with Gasteiger partial charge in [-0.2, -0.15) is 0 Å². The summed E-state index contributed by atoms with van der Waals surface area (Å²) in [5.74, 6) is 0. The van der Waals surface area contributed by atoms with Gasteiger partial charge in [0.25, 0.3) is 0 Å². The van der Waals surface area contributed by atoms with Crippen molar-refractivity contribution < 1.29 is 0 Å². The van der Waals surface area contributed by atoms with Crippen LogP contribution in [0.3, 0.4) is 0 Å². The van der Waals surface area contributed by atoms with Gasteiger partial charge in [-0.25, -0.2) is 0 Å². The summed E-state index contributed by atoms with van der Waals surface area (Å²) in [7, 11) is 0. The van der Waals surface area contributed by atoms with Crippen LogP contribution in [0.5, 0.6) is 0 Å². The van der Waals surface area contributed by atoms with E-state index >= 15 is 0 Å². The maximum atomic E-state index is 6.12. The Bertz CT molecular complexity index is 566. The molecule has 18 heavy (non-hydrogen) atoms. The summed E-state index contributed by atoms with van der Waals surface area (Å²) >= 11 is 7.07. The van der Waals surface area contributed by atoms with E-state index in [1.54, 1.807) is 0 Å². The summed E-state index contributed by atoms with van der Waals surface area (Å²) < 4.78 is 2.07.